The highest BCUT2D eigenvalue weighted by molar-refractivity contribution is 5.55. The van der Waals surface area contributed by atoms with E-state index in [9.17, 15) is 4.39 Å². The summed E-state index contributed by atoms with van der Waals surface area (Å²) in [7, 11) is 3.78. The van der Waals surface area contributed by atoms with E-state index in [0.29, 0.717) is 12.2 Å². The zero-order valence-electron chi connectivity index (χ0n) is 12.1. The van der Waals surface area contributed by atoms with Gasteiger partial charge in [-0.1, -0.05) is 18.2 Å². The normalized spacial score (nSPS) is 12.2. The second kappa shape index (κ2) is 6.48. The average Bonchev–Trinajstić information content (AvgIpc) is 2.47. The Hall–Kier alpha value is -1.94. The quantitative estimate of drug-likeness (QED) is 0.907. The number of pyridine rings is 1. The van der Waals surface area contributed by atoms with E-state index in [1.54, 1.807) is 18.5 Å². The summed E-state index contributed by atoms with van der Waals surface area (Å²) in [5.41, 5.74) is 2.65. The molecule has 3 nitrogen and oxygen atoms in total. The fourth-order valence-corrected chi connectivity index (χ4v) is 2.28. The summed E-state index contributed by atoms with van der Waals surface area (Å²) in [6, 6.07) is 9.19. The number of para-hydroxylation sites is 1. The molecule has 0 amide bonds. The number of rotatable bonds is 5. The predicted molar refractivity (Wildman–Crippen MR) is 80.2 cm³/mol. The van der Waals surface area contributed by atoms with E-state index in [1.165, 1.54) is 6.07 Å². The first-order valence-corrected chi connectivity index (χ1v) is 6.69. The zero-order chi connectivity index (χ0) is 14.5. The van der Waals surface area contributed by atoms with Gasteiger partial charge in [0.15, 0.2) is 0 Å². The van der Waals surface area contributed by atoms with E-state index in [-0.39, 0.29) is 11.9 Å². The molecule has 0 bridgehead atoms. The Bertz CT molecular complexity index is 557. The summed E-state index contributed by atoms with van der Waals surface area (Å²) in [4.78, 5) is 6.02. The van der Waals surface area contributed by atoms with Crippen LogP contribution in [0.5, 0.6) is 0 Å². The van der Waals surface area contributed by atoms with Gasteiger partial charge in [0.25, 0.3) is 0 Å². The Morgan fingerprint density at radius 3 is 2.75 bits per heavy atom. The Balaban J connectivity index is 2.31. The summed E-state index contributed by atoms with van der Waals surface area (Å²) >= 11 is 0. The van der Waals surface area contributed by atoms with Gasteiger partial charge in [0.05, 0.1) is 5.69 Å². The maximum Gasteiger partial charge on any atom is 0.146 e. The fourth-order valence-electron chi connectivity index (χ4n) is 2.28. The molecule has 1 aromatic carbocycles. The molecule has 0 aliphatic carbocycles. The van der Waals surface area contributed by atoms with Crippen LogP contribution in [0.1, 0.15) is 24.1 Å². The number of benzene rings is 1. The molecule has 0 saturated carbocycles. The Morgan fingerprint density at radius 1 is 1.30 bits per heavy atom. The van der Waals surface area contributed by atoms with Crippen molar-refractivity contribution in [2.24, 2.45) is 0 Å². The lowest BCUT2D eigenvalue weighted by atomic mass is 10.0. The fraction of sp³-hybridized carbons (Fsp3) is 0.312. The van der Waals surface area contributed by atoms with Crippen molar-refractivity contribution >= 4 is 5.69 Å². The van der Waals surface area contributed by atoms with Crippen LogP contribution in [0.15, 0.2) is 42.7 Å². The van der Waals surface area contributed by atoms with Crippen molar-refractivity contribution in [2.75, 3.05) is 19.0 Å². The average molecular weight is 273 g/mol. The standard InChI is InChI=1S/C16H20FN3/c1-12(18-2)14-7-4-8-15(17)16(14)20(3)11-13-6-5-9-19-10-13/h4-10,12,18H,11H2,1-3H3. The molecule has 0 aliphatic heterocycles. The van der Waals surface area contributed by atoms with E-state index >= 15 is 0 Å². The number of anilines is 1. The molecule has 0 fully saturated rings. The topological polar surface area (TPSA) is 28.2 Å². The van der Waals surface area contributed by atoms with Crippen molar-refractivity contribution in [1.82, 2.24) is 10.3 Å². The minimum atomic E-state index is -0.198. The van der Waals surface area contributed by atoms with Gasteiger partial charge < -0.3 is 10.2 Å². The lowest BCUT2D eigenvalue weighted by molar-refractivity contribution is 0.602. The van der Waals surface area contributed by atoms with Crippen molar-refractivity contribution in [3.63, 3.8) is 0 Å². The highest BCUT2D eigenvalue weighted by Gasteiger charge is 2.16. The Morgan fingerprint density at radius 2 is 2.10 bits per heavy atom. The van der Waals surface area contributed by atoms with Crippen LogP contribution < -0.4 is 10.2 Å². The van der Waals surface area contributed by atoms with Crippen LogP contribution in [0.3, 0.4) is 0 Å². The molecule has 0 radical (unpaired) electrons. The number of nitrogens with zero attached hydrogens (tertiary/aromatic N) is 2. The maximum absolute atomic E-state index is 14.2. The molecule has 0 saturated heterocycles. The van der Waals surface area contributed by atoms with Crippen molar-refractivity contribution in [3.8, 4) is 0 Å². The SMILES string of the molecule is CNC(C)c1cccc(F)c1N(C)Cc1cccnc1. The van der Waals surface area contributed by atoms with Gasteiger partial charge in [-0.15, -0.1) is 0 Å². The highest BCUT2D eigenvalue weighted by Crippen LogP contribution is 2.29. The zero-order valence-corrected chi connectivity index (χ0v) is 12.1. The van der Waals surface area contributed by atoms with Crippen LogP contribution in [0.25, 0.3) is 0 Å². The molecule has 1 unspecified atom stereocenters. The van der Waals surface area contributed by atoms with Crippen molar-refractivity contribution in [2.45, 2.75) is 19.5 Å². The van der Waals surface area contributed by atoms with Gasteiger partial charge >= 0.3 is 0 Å². The van der Waals surface area contributed by atoms with Crippen LogP contribution in [0.2, 0.25) is 0 Å². The van der Waals surface area contributed by atoms with Crippen molar-refractivity contribution in [1.29, 1.82) is 0 Å². The first-order chi connectivity index (χ1) is 9.63. The van der Waals surface area contributed by atoms with Crippen molar-refractivity contribution in [3.05, 3.63) is 59.7 Å². The number of aromatic nitrogens is 1. The van der Waals surface area contributed by atoms with E-state index < -0.39 is 0 Å². The lowest BCUT2D eigenvalue weighted by Crippen LogP contribution is -2.22. The summed E-state index contributed by atoms with van der Waals surface area (Å²) in [6.45, 7) is 2.65. The molecule has 0 spiro atoms. The van der Waals surface area contributed by atoms with Gasteiger partial charge in [-0.05, 0) is 37.2 Å². The van der Waals surface area contributed by atoms with Crippen LogP contribution in [0, 0.1) is 5.82 Å². The van der Waals surface area contributed by atoms with Crippen LogP contribution >= 0.6 is 0 Å². The number of hydrogen-bond donors (Lipinski definition) is 1. The third kappa shape index (κ3) is 3.14. The molecule has 1 aromatic heterocycles. The smallest absolute Gasteiger partial charge is 0.146 e. The Kier molecular flexibility index (Phi) is 4.69. The third-order valence-corrected chi connectivity index (χ3v) is 3.44. The van der Waals surface area contributed by atoms with Crippen LogP contribution in [0.4, 0.5) is 10.1 Å². The molecular formula is C16H20FN3. The first-order valence-electron chi connectivity index (χ1n) is 6.69. The summed E-state index contributed by atoms with van der Waals surface area (Å²) < 4.78 is 14.2. The summed E-state index contributed by atoms with van der Waals surface area (Å²) in [5, 5.41) is 3.16. The van der Waals surface area contributed by atoms with E-state index in [1.807, 2.05) is 44.1 Å². The number of hydrogen-bond acceptors (Lipinski definition) is 3. The molecule has 1 atom stereocenters. The highest BCUT2D eigenvalue weighted by atomic mass is 19.1. The van der Waals surface area contributed by atoms with Crippen LogP contribution in [-0.4, -0.2) is 19.1 Å². The molecular weight excluding hydrogens is 253 g/mol. The molecule has 0 aliphatic rings. The monoisotopic (exact) mass is 273 g/mol. The van der Waals surface area contributed by atoms with Gasteiger partial charge in [-0.25, -0.2) is 4.39 Å². The minimum Gasteiger partial charge on any atom is -0.368 e. The molecule has 20 heavy (non-hydrogen) atoms. The van der Waals surface area contributed by atoms with Gasteiger partial charge in [-0.2, -0.15) is 0 Å². The minimum absolute atomic E-state index is 0.0945. The van der Waals surface area contributed by atoms with E-state index in [0.717, 1.165) is 11.1 Å². The van der Waals surface area contributed by atoms with Gasteiger partial charge in [0, 0.05) is 32.0 Å². The van der Waals surface area contributed by atoms with E-state index in [2.05, 4.69) is 10.3 Å². The summed E-state index contributed by atoms with van der Waals surface area (Å²) in [5.74, 6) is -0.198. The summed E-state index contributed by atoms with van der Waals surface area (Å²) in [6.07, 6.45) is 3.54. The number of nitrogens with one attached hydrogen (secondary N) is 1. The van der Waals surface area contributed by atoms with Crippen LogP contribution in [-0.2, 0) is 6.54 Å². The van der Waals surface area contributed by atoms with Gasteiger partial charge in [0.1, 0.15) is 5.82 Å². The first kappa shape index (κ1) is 14.5. The van der Waals surface area contributed by atoms with Gasteiger partial charge in [0.2, 0.25) is 0 Å². The lowest BCUT2D eigenvalue weighted by Gasteiger charge is -2.25. The van der Waals surface area contributed by atoms with Crippen molar-refractivity contribution < 1.29 is 4.39 Å². The Labute approximate surface area is 119 Å². The van der Waals surface area contributed by atoms with E-state index in [4.69, 9.17) is 0 Å². The second-order valence-corrected chi connectivity index (χ2v) is 4.91. The second-order valence-electron chi connectivity index (χ2n) is 4.91. The number of halogens is 1. The maximum atomic E-state index is 14.2. The molecule has 2 rings (SSSR count). The largest absolute Gasteiger partial charge is 0.368 e. The third-order valence-electron chi connectivity index (χ3n) is 3.44. The predicted octanol–water partition coefficient (Wildman–Crippen LogP) is 3.14. The van der Waals surface area contributed by atoms with Gasteiger partial charge in [-0.3, -0.25) is 4.98 Å². The molecule has 2 aromatic rings. The molecule has 106 valence electrons. The molecule has 1 heterocycles. The molecule has 1 N–H and O–H groups in total. The molecule has 4 heteroatoms.